The van der Waals surface area contributed by atoms with E-state index in [1.807, 2.05) is 54.6 Å². The highest BCUT2D eigenvalue weighted by molar-refractivity contribution is 5.86. The second-order valence-corrected chi connectivity index (χ2v) is 8.42. The fraction of sp³-hybridized carbons (Fsp3) is 0.240. The Morgan fingerprint density at radius 3 is 1.89 bits per heavy atom. The van der Waals surface area contributed by atoms with Crippen molar-refractivity contribution in [3.8, 4) is 5.75 Å². The molecule has 0 bridgehead atoms. The topological polar surface area (TPSA) is 30.8 Å². The number of aliphatic imine (C=N–C) groups is 1. The first-order valence-corrected chi connectivity index (χ1v) is 9.66. The SMILES string of the molecule is CC(C)(C)C1=N[C@]2(c3ccccc3)Oc3ccccc3[C@]2(c2ccccc2)O1. The minimum atomic E-state index is -0.998. The predicted molar refractivity (Wildman–Crippen MR) is 110 cm³/mol. The van der Waals surface area contributed by atoms with Crippen molar-refractivity contribution in [2.75, 3.05) is 0 Å². The molecule has 0 unspecified atom stereocenters. The number of benzene rings is 3. The third-order valence-electron chi connectivity index (χ3n) is 5.50. The molecule has 0 fully saturated rings. The van der Waals surface area contributed by atoms with Crippen molar-refractivity contribution in [2.24, 2.45) is 10.4 Å². The lowest BCUT2D eigenvalue weighted by molar-refractivity contribution is -0.0513. The van der Waals surface area contributed by atoms with Crippen molar-refractivity contribution in [1.29, 1.82) is 0 Å². The van der Waals surface area contributed by atoms with E-state index in [-0.39, 0.29) is 5.41 Å². The van der Waals surface area contributed by atoms with E-state index in [1.165, 1.54) is 0 Å². The number of fused-ring (bicyclic) bond motifs is 3. The van der Waals surface area contributed by atoms with E-state index in [9.17, 15) is 0 Å². The van der Waals surface area contributed by atoms with Gasteiger partial charge >= 0.3 is 0 Å². The van der Waals surface area contributed by atoms with Crippen LogP contribution in [0.25, 0.3) is 0 Å². The third kappa shape index (κ3) is 2.13. The Morgan fingerprint density at radius 2 is 1.25 bits per heavy atom. The minimum Gasteiger partial charge on any atom is -0.457 e. The summed E-state index contributed by atoms with van der Waals surface area (Å²) >= 11 is 0. The van der Waals surface area contributed by atoms with Crippen LogP contribution in [0.15, 0.2) is 89.9 Å². The van der Waals surface area contributed by atoms with Crippen LogP contribution in [-0.4, -0.2) is 5.90 Å². The number of hydrogen-bond acceptors (Lipinski definition) is 3. The van der Waals surface area contributed by atoms with Gasteiger partial charge in [0, 0.05) is 22.1 Å². The molecule has 140 valence electrons. The first-order valence-electron chi connectivity index (χ1n) is 9.66. The summed E-state index contributed by atoms with van der Waals surface area (Å²) in [6, 6.07) is 28.6. The third-order valence-corrected chi connectivity index (χ3v) is 5.50. The van der Waals surface area contributed by atoms with E-state index in [0.29, 0.717) is 5.90 Å². The van der Waals surface area contributed by atoms with Crippen LogP contribution in [0.5, 0.6) is 5.75 Å². The number of para-hydroxylation sites is 1. The number of hydrogen-bond donors (Lipinski definition) is 0. The Kier molecular flexibility index (Phi) is 3.48. The highest BCUT2D eigenvalue weighted by Gasteiger charge is 2.69. The normalized spacial score (nSPS) is 25.3. The van der Waals surface area contributed by atoms with Gasteiger partial charge in [0.2, 0.25) is 5.60 Å². The highest BCUT2D eigenvalue weighted by Crippen LogP contribution is 2.62. The average molecular weight is 369 g/mol. The van der Waals surface area contributed by atoms with E-state index >= 15 is 0 Å². The van der Waals surface area contributed by atoms with E-state index in [2.05, 4.69) is 51.1 Å². The molecule has 0 amide bonds. The quantitative estimate of drug-likeness (QED) is 0.584. The van der Waals surface area contributed by atoms with Gasteiger partial charge in [-0.15, -0.1) is 0 Å². The molecule has 28 heavy (non-hydrogen) atoms. The Bertz CT molecular complexity index is 1050. The van der Waals surface area contributed by atoms with Crippen molar-refractivity contribution < 1.29 is 9.47 Å². The zero-order chi connectivity index (χ0) is 19.4. The monoisotopic (exact) mass is 369 g/mol. The lowest BCUT2D eigenvalue weighted by Crippen LogP contribution is -2.46. The van der Waals surface area contributed by atoms with Gasteiger partial charge in [-0.25, -0.2) is 0 Å². The van der Waals surface area contributed by atoms with Gasteiger partial charge in [0.25, 0.3) is 5.72 Å². The van der Waals surface area contributed by atoms with Crippen LogP contribution >= 0.6 is 0 Å². The van der Waals surface area contributed by atoms with Gasteiger partial charge in [0.05, 0.1) is 0 Å². The summed E-state index contributed by atoms with van der Waals surface area (Å²) in [5.74, 6) is 1.52. The highest BCUT2D eigenvalue weighted by atomic mass is 16.6. The lowest BCUT2D eigenvalue weighted by Gasteiger charge is -2.37. The van der Waals surface area contributed by atoms with Gasteiger partial charge in [0.15, 0.2) is 5.90 Å². The standard InChI is InChI=1S/C25H23NO2/c1-23(2,3)22-26-25(19-14-8-5-9-15-19)24(28-22,18-12-6-4-7-13-18)20-16-10-11-17-21(20)27-25/h4-17H,1-3H3/t24-,25+/m0/s1. The van der Waals surface area contributed by atoms with Crippen LogP contribution in [0.3, 0.4) is 0 Å². The van der Waals surface area contributed by atoms with E-state index in [1.54, 1.807) is 0 Å². The molecule has 0 N–H and O–H groups in total. The van der Waals surface area contributed by atoms with Crippen molar-refractivity contribution in [3.63, 3.8) is 0 Å². The maximum absolute atomic E-state index is 6.83. The summed E-state index contributed by atoms with van der Waals surface area (Å²) in [6.45, 7) is 6.36. The molecular weight excluding hydrogens is 346 g/mol. The van der Waals surface area contributed by atoms with Gasteiger partial charge in [0.1, 0.15) is 5.75 Å². The molecule has 2 heterocycles. The maximum Gasteiger partial charge on any atom is 0.277 e. The fourth-order valence-electron chi connectivity index (χ4n) is 4.19. The molecule has 5 rings (SSSR count). The van der Waals surface area contributed by atoms with Gasteiger partial charge < -0.3 is 9.47 Å². The molecule has 0 spiro atoms. The van der Waals surface area contributed by atoms with Crippen LogP contribution in [0.1, 0.15) is 37.5 Å². The molecule has 2 aliphatic heterocycles. The van der Waals surface area contributed by atoms with Crippen molar-refractivity contribution in [3.05, 3.63) is 102 Å². The summed E-state index contributed by atoms with van der Waals surface area (Å²) in [5, 5.41) is 0. The Hall–Kier alpha value is -3.07. The van der Waals surface area contributed by atoms with E-state index in [4.69, 9.17) is 14.5 Å². The minimum absolute atomic E-state index is 0.244. The van der Waals surface area contributed by atoms with E-state index in [0.717, 1.165) is 22.4 Å². The molecule has 0 saturated carbocycles. The Balaban J connectivity index is 1.88. The van der Waals surface area contributed by atoms with Crippen LogP contribution in [0.2, 0.25) is 0 Å². The molecule has 0 aliphatic carbocycles. The average Bonchev–Trinajstić information content (AvgIpc) is 3.20. The molecule has 0 radical (unpaired) electrons. The molecule has 3 nitrogen and oxygen atoms in total. The summed E-state index contributed by atoms with van der Waals surface area (Å²) in [6.07, 6.45) is 0. The van der Waals surface area contributed by atoms with E-state index < -0.39 is 11.3 Å². The fourth-order valence-corrected chi connectivity index (χ4v) is 4.19. The first kappa shape index (κ1) is 17.1. The molecule has 2 aliphatic rings. The molecule has 0 saturated heterocycles. The first-order chi connectivity index (χ1) is 13.5. The Labute approximate surface area is 165 Å². The zero-order valence-electron chi connectivity index (χ0n) is 16.3. The van der Waals surface area contributed by atoms with Gasteiger partial charge in [-0.2, -0.15) is 4.99 Å². The van der Waals surface area contributed by atoms with Crippen molar-refractivity contribution >= 4 is 5.90 Å². The lowest BCUT2D eigenvalue weighted by atomic mass is 9.76. The van der Waals surface area contributed by atoms with Gasteiger partial charge in [-0.1, -0.05) is 99.6 Å². The number of nitrogens with zero attached hydrogens (tertiary/aromatic N) is 1. The largest absolute Gasteiger partial charge is 0.457 e. The van der Waals surface area contributed by atoms with Gasteiger partial charge in [-0.3, -0.25) is 0 Å². The summed E-state index contributed by atoms with van der Waals surface area (Å²) in [4.78, 5) is 5.16. The summed E-state index contributed by atoms with van der Waals surface area (Å²) < 4.78 is 13.5. The predicted octanol–water partition coefficient (Wildman–Crippen LogP) is 5.65. The maximum atomic E-state index is 6.83. The Morgan fingerprint density at radius 1 is 0.679 bits per heavy atom. The smallest absolute Gasteiger partial charge is 0.277 e. The van der Waals surface area contributed by atoms with Crippen LogP contribution in [0, 0.1) is 5.41 Å². The van der Waals surface area contributed by atoms with Gasteiger partial charge in [-0.05, 0) is 6.07 Å². The van der Waals surface area contributed by atoms with Crippen molar-refractivity contribution in [1.82, 2.24) is 0 Å². The molecule has 0 aromatic heterocycles. The molecular formula is C25H23NO2. The molecule has 3 heteroatoms. The summed E-state index contributed by atoms with van der Waals surface area (Å²) in [5.41, 5.74) is 0.914. The van der Waals surface area contributed by atoms with Crippen LogP contribution in [-0.2, 0) is 16.1 Å². The molecule has 2 atom stereocenters. The number of ether oxygens (including phenoxy) is 2. The van der Waals surface area contributed by atoms with Crippen molar-refractivity contribution in [2.45, 2.75) is 32.1 Å². The van der Waals surface area contributed by atoms with Crippen LogP contribution in [0.4, 0.5) is 0 Å². The molecule has 3 aromatic carbocycles. The second kappa shape index (κ2) is 5.71. The number of rotatable bonds is 2. The van der Waals surface area contributed by atoms with Crippen LogP contribution < -0.4 is 4.74 Å². The second-order valence-electron chi connectivity index (χ2n) is 8.42. The summed E-state index contributed by atoms with van der Waals surface area (Å²) in [7, 11) is 0. The molecule has 3 aromatic rings. The zero-order valence-corrected chi connectivity index (χ0v) is 16.3.